The Labute approximate surface area is 158 Å². The van der Waals surface area contributed by atoms with E-state index in [-0.39, 0.29) is 43.2 Å². The van der Waals surface area contributed by atoms with E-state index in [0.717, 1.165) is 18.2 Å². The van der Waals surface area contributed by atoms with Gasteiger partial charge in [-0.15, -0.1) is 0 Å². The van der Waals surface area contributed by atoms with E-state index in [4.69, 9.17) is 0 Å². The second-order valence-corrected chi connectivity index (χ2v) is 6.37. The molecule has 0 aliphatic carbocycles. The smallest absolute Gasteiger partial charge is 0.417 e. The van der Waals surface area contributed by atoms with Crippen LogP contribution in [0.15, 0.2) is 42.5 Å². The van der Waals surface area contributed by atoms with Gasteiger partial charge >= 0.3 is 6.18 Å². The highest BCUT2D eigenvalue weighted by atomic mass is 19.4. The van der Waals surface area contributed by atoms with Crippen LogP contribution in [0.2, 0.25) is 0 Å². The van der Waals surface area contributed by atoms with Crippen molar-refractivity contribution in [1.29, 1.82) is 0 Å². The molecule has 1 heterocycles. The maximum Gasteiger partial charge on any atom is 0.417 e. The molecule has 0 atom stereocenters. The van der Waals surface area contributed by atoms with Gasteiger partial charge in [-0.2, -0.15) is 13.2 Å². The number of piperazine rings is 1. The van der Waals surface area contributed by atoms with Crippen molar-refractivity contribution in [2.45, 2.75) is 6.18 Å². The molecular formula is C19H17F3N2O4. The average molecular weight is 394 g/mol. The third-order valence-corrected chi connectivity index (χ3v) is 4.47. The van der Waals surface area contributed by atoms with Crippen molar-refractivity contribution in [3.8, 4) is 11.5 Å². The van der Waals surface area contributed by atoms with Crippen LogP contribution >= 0.6 is 0 Å². The molecule has 1 saturated heterocycles. The van der Waals surface area contributed by atoms with Crippen LogP contribution < -0.4 is 0 Å². The highest BCUT2D eigenvalue weighted by molar-refractivity contribution is 5.97. The summed E-state index contributed by atoms with van der Waals surface area (Å²) in [5.41, 5.74) is -1.33. The number of carbonyl (C=O) groups excluding carboxylic acids is 2. The number of hydrogen-bond acceptors (Lipinski definition) is 4. The average Bonchev–Trinajstić information content (AvgIpc) is 2.65. The van der Waals surface area contributed by atoms with Crippen LogP contribution in [0.5, 0.6) is 11.5 Å². The van der Waals surface area contributed by atoms with Crippen LogP contribution in [0.1, 0.15) is 26.3 Å². The fourth-order valence-electron chi connectivity index (χ4n) is 3.10. The van der Waals surface area contributed by atoms with Crippen LogP contribution in [-0.2, 0) is 6.18 Å². The first-order valence-electron chi connectivity index (χ1n) is 8.44. The van der Waals surface area contributed by atoms with E-state index in [1.54, 1.807) is 0 Å². The van der Waals surface area contributed by atoms with Gasteiger partial charge in [0.15, 0.2) is 0 Å². The van der Waals surface area contributed by atoms with Gasteiger partial charge in [0.1, 0.15) is 11.5 Å². The summed E-state index contributed by atoms with van der Waals surface area (Å²) in [7, 11) is 0. The zero-order chi connectivity index (χ0) is 20.5. The lowest BCUT2D eigenvalue weighted by Gasteiger charge is -2.35. The van der Waals surface area contributed by atoms with E-state index in [1.807, 2.05) is 0 Å². The number of halogens is 3. The number of phenols is 2. The minimum absolute atomic E-state index is 0.0710. The van der Waals surface area contributed by atoms with Crippen molar-refractivity contribution in [2.75, 3.05) is 26.2 Å². The molecule has 0 unspecified atom stereocenters. The molecular weight excluding hydrogens is 377 g/mol. The van der Waals surface area contributed by atoms with Gasteiger partial charge in [-0.25, -0.2) is 0 Å². The lowest BCUT2D eigenvalue weighted by atomic mass is 10.1. The lowest BCUT2D eigenvalue weighted by molar-refractivity contribution is -0.138. The van der Waals surface area contributed by atoms with Crippen LogP contribution in [0.3, 0.4) is 0 Å². The Hall–Kier alpha value is -3.23. The fraction of sp³-hybridized carbons (Fsp3) is 0.263. The highest BCUT2D eigenvalue weighted by Gasteiger charge is 2.36. The van der Waals surface area contributed by atoms with Crippen LogP contribution in [-0.4, -0.2) is 58.0 Å². The van der Waals surface area contributed by atoms with Gasteiger partial charge in [-0.3, -0.25) is 9.59 Å². The maximum atomic E-state index is 13.1. The zero-order valence-electron chi connectivity index (χ0n) is 14.6. The van der Waals surface area contributed by atoms with Gasteiger partial charge in [0, 0.05) is 37.8 Å². The van der Waals surface area contributed by atoms with Gasteiger partial charge in [0.2, 0.25) is 0 Å². The maximum absolute atomic E-state index is 13.1. The summed E-state index contributed by atoms with van der Waals surface area (Å²) < 4.78 is 39.4. The number of aromatic hydroxyl groups is 2. The number of carbonyl (C=O) groups is 2. The predicted molar refractivity (Wildman–Crippen MR) is 93.0 cm³/mol. The SMILES string of the molecule is O=C(c1cc(O)cc(O)c1)N1CCN(C(=O)c2ccccc2C(F)(F)F)CC1. The standard InChI is InChI=1S/C19H17F3N2O4/c20-19(21,22)16-4-2-1-3-15(16)18(28)24-7-5-23(6-8-24)17(27)12-9-13(25)11-14(26)10-12/h1-4,9-11,25-26H,5-8H2. The fourth-order valence-corrected chi connectivity index (χ4v) is 3.10. The largest absolute Gasteiger partial charge is 0.508 e. The summed E-state index contributed by atoms with van der Waals surface area (Å²) in [5, 5.41) is 19.0. The van der Waals surface area contributed by atoms with Gasteiger partial charge in [-0.05, 0) is 24.3 Å². The van der Waals surface area contributed by atoms with Crippen molar-refractivity contribution in [3.63, 3.8) is 0 Å². The molecule has 0 saturated carbocycles. The summed E-state index contributed by atoms with van der Waals surface area (Å²) in [6.45, 7) is 0.382. The highest BCUT2D eigenvalue weighted by Crippen LogP contribution is 2.32. The Morgan fingerprint density at radius 3 is 1.86 bits per heavy atom. The molecule has 2 N–H and O–H groups in total. The topological polar surface area (TPSA) is 81.1 Å². The Morgan fingerprint density at radius 1 is 0.821 bits per heavy atom. The van der Waals surface area contributed by atoms with E-state index in [2.05, 4.69) is 0 Å². The number of hydrogen-bond donors (Lipinski definition) is 2. The first-order valence-corrected chi connectivity index (χ1v) is 8.44. The Morgan fingerprint density at radius 2 is 1.32 bits per heavy atom. The number of amides is 2. The molecule has 148 valence electrons. The zero-order valence-corrected chi connectivity index (χ0v) is 14.6. The number of benzene rings is 2. The molecule has 6 nitrogen and oxygen atoms in total. The molecule has 28 heavy (non-hydrogen) atoms. The summed E-state index contributed by atoms with van der Waals surface area (Å²) in [6.07, 6.45) is -4.64. The minimum Gasteiger partial charge on any atom is -0.508 e. The quantitative estimate of drug-likeness (QED) is 0.821. The third-order valence-electron chi connectivity index (χ3n) is 4.47. The normalized spacial score (nSPS) is 14.8. The first-order chi connectivity index (χ1) is 13.2. The summed E-state index contributed by atoms with van der Waals surface area (Å²) >= 11 is 0. The Kier molecular flexibility index (Phi) is 5.17. The van der Waals surface area contributed by atoms with E-state index in [0.29, 0.717) is 0 Å². The van der Waals surface area contributed by atoms with Crippen LogP contribution in [0, 0.1) is 0 Å². The lowest BCUT2D eigenvalue weighted by Crippen LogP contribution is -2.50. The van der Waals surface area contributed by atoms with Crippen molar-refractivity contribution < 1.29 is 33.0 Å². The molecule has 1 fully saturated rings. The molecule has 2 aromatic rings. The molecule has 0 bridgehead atoms. The van der Waals surface area contributed by atoms with E-state index in [1.165, 1.54) is 34.1 Å². The number of phenolic OH excluding ortho intramolecular Hbond substituents is 2. The summed E-state index contributed by atoms with van der Waals surface area (Å²) in [5.74, 6) is -1.72. The van der Waals surface area contributed by atoms with Gasteiger partial charge in [-0.1, -0.05) is 12.1 Å². The number of nitrogens with zero attached hydrogens (tertiary/aromatic N) is 2. The van der Waals surface area contributed by atoms with Crippen molar-refractivity contribution in [1.82, 2.24) is 9.80 Å². The molecule has 9 heteroatoms. The third kappa shape index (κ3) is 4.03. The molecule has 2 amide bonds. The van der Waals surface area contributed by atoms with Crippen molar-refractivity contribution in [2.24, 2.45) is 0 Å². The van der Waals surface area contributed by atoms with Crippen molar-refractivity contribution >= 4 is 11.8 Å². The molecule has 1 aliphatic heterocycles. The molecule has 1 aliphatic rings. The Balaban J connectivity index is 1.71. The molecule has 0 radical (unpaired) electrons. The Bertz CT molecular complexity index is 886. The summed E-state index contributed by atoms with van der Waals surface area (Å²) in [4.78, 5) is 27.7. The van der Waals surface area contributed by atoms with E-state index in [9.17, 15) is 33.0 Å². The van der Waals surface area contributed by atoms with E-state index >= 15 is 0 Å². The van der Waals surface area contributed by atoms with Crippen LogP contribution in [0.4, 0.5) is 13.2 Å². The second kappa shape index (κ2) is 7.41. The van der Waals surface area contributed by atoms with Gasteiger partial charge < -0.3 is 20.0 Å². The number of alkyl halides is 3. The van der Waals surface area contributed by atoms with Gasteiger partial charge in [0.25, 0.3) is 11.8 Å². The minimum atomic E-state index is -4.64. The number of rotatable bonds is 2. The molecule has 0 spiro atoms. The molecule has 0 aromatic heterocycles. The van der Waals surface area contributed by atoms with Crippen molar-refractivity contribution in [3.05, 3.63) is 59.2 Å². The summed E-state index contributed by atoms with van der Waals surface area (Å²) in [6, 6.07) is 8.10. The predicted octanol–water partition coefficient (Wildman–Crippen LogP) is 2.71. The van der Waals surface area contributed by atoms with E-state index < -0.39 is 29.1 Å². The second-order valence-electron chi connectivity index (χ2n) is 6.37. The molecule has 3 rings (SSSR count). The monoisotopic (exact) mass is 394 g/mol. The van der Waals surface area contributed by atoms with Gasteiger partial charge in [0.05, 0.1) is 11.1 Å². The molecule has 2 aromatic carbocycles. The van der Waals surface area contributed by atoms with Crippen LogP contribution in [0.25, 0.3) is 0 Å². The first kappa shape index (κ1) is 19.5.